The number of benzene rings is 2. The molecule has 0 bridgehead atoms. The van der Waals surface area contributed by atoms with Crippen molar-refractivity contribution in [2.24, 2.45) is 0 Å². The minimum absolute atomic E-state index is 0.0397. The van der Waals surface area contributed by atoms with Crippen LogP contribution in [0.4, 0.5) is 0 Å². The van der Waals surface area contributed by atoms with Gasteiger partial charge in [-0.2, -0.15) is 0 Å². The van der Waals surface area contributed by atoms with Crippen LogP contribution >= 0.6 is 11.3 Å². The van der Waals surface area contributed by atoms with Gasteiger partial charge in [-0.25, -0.2) is 0 Å². The van der Waals surface area contributed by atoms with Crippen molar-refractivity contribution in [3.63, 3.8) is 0 Å². The summed E-state index contributed by atoms with van der Waals surface area (Å²) in [7, 11) is 0. The molecule has 0 aliphatic rings. The van der Waals surface area contributed by atoms with Crippen LogP contribution in [-0.2, 0) is 0 Å². The normalized spacial score (nSPS) is 11.1. The van der Waals surface area contributed by atoms with Gasteiger partial charge in [0.15, 0.2) is 5.78 Å². The number of hydrogen-bond acceptors (Lipinski definition) is 3. The fourth-order valence-electron chi connectivity index (χ4n) is 3.96. The van der Waals surface area contributed by atoms with Crippen molar-refractivity contribution in [1.29, 1.82) is 0 Å². The van der Waals surface area contributed by atoms with E-state index in [2.05, 4.69) is 11.5 Å². The van der Waals surface area contributed by atoms with Crippen molar-refractivity contribution in [3.05, 3.63) is 88.2 Å². The molecule has 0 saturated carbocycles. The average Bonchev–Trinajstić information content (AvgIpc) is 3.47. The smallest absolute Gasteiger partial charge is 0.202 e. The van der Waals surface area contributed by atoms with Crippen molar-refractivity contribution >= 4 is 33.8 Å². The zero-order valence-electron chi connectivity index (χ0n) is 17.8. The molecule has 31 heavy (non-hydrogen) atoms. The first-order chi connectivity index (χ1) is 15.2. The lowest BCUT2D eigenvalue weighted by atomic mass is 10.0. The molecule has 0 fully saturated rings. The standard InChI is InChI=1S/C27H27NO2S/c1-2-3-4-5-6-12-25(29)23-19-28(24-11-8-7-10-22(23)24)21-16-14-20(15-17-21)27(30)26-13-9-18-31-26/h7-11,13-19H,2-6,12H2,1H3. The summed E-state index contributed by atoms with van der Waals surface area (Å²) in [6.07, 6.45) is 8.23. The lowest BCUT2D eigenvalue weighted by molar-refractivity contribution is 0.0979. The molecule has 0 amide bonds. The number of para-hydroxylation sites is 1. The number of carbonyl (C=O) groups is 2. The molecule has 4 aromatic rings. The number of thiophene rings is 1. The predicted molar refractivity (Wildman–Crippen MR) is 129 cm³/mol. The van der Waals surface area contributed by atoms with Crippen LogP contribution in [0.2, 0.25) is 0 Å². The Kier molecular flexibility index (Phi) is 6.78. The zero-order chi connectivity index (χ0) is 21.6. The van der Waals surface area contributed by atoms with E-state index in [0.717, 1.165) is 39.9 Å². The molecule has 0 aliphatic heterocycles. The highest BCUT2D eigenvalue weighted by atomic mass is 32.1. The number of nitrogens with zero attached hydrogens (tertiary/aromatic N) is 1. The third-order valence-corrected chi connectivity index (χ3v) is 6.54. The minimum Gasteiger partial charge on any atom is -0.316 e. The Morgan fingerprint density at radius 2 is 1.65 bits per heavy atom. The van der Waals surface area contributed by atoms with Gasteiger partial charge in [0.2, 0.25) is 5.78 Å². The van der Waals surface area contributed by atoms with Crippen LogP contribution in [0, 0.1) is 0 Å². The highest BCUT2D eigenvalue weighted by molar-refractivity contribution is 7.12. The number of hydrogen-bond donors (Lipinski definition) is 0. The molecular formula is C27H27NO2S. The van der Waals surface area contributed by atoms with Crippen LogP contribution in [0.1, 0.15) is 71.0 Å². The van der Waals surface area contributed by atoms with E-state index in [-0.39, 0.29) is 11.6 Å². The van der Waals surface area contributed by atoms with Crippen molar-refractivity contribution in [1.82, 2.24) is 4.57 Å². The maximum Gasteiger partial charge on any atom is 0.202 e. The molecule has 2 aromatic carbocycles. The summed E-state index contributed by atoms with van der Waals surface area (Å²) in [6.45, 7) is 2.20. The molecule has 0 aliphatic carbocycles. The van der Waals surface area contributed by atoms with Crippen LogP contribution in [0.5, 0.6) is 0 Å². The molecule has 158 valence electrons. The van der Waals surface area contributed by atoms with Crippen molar-refractivity contribution in [3.8, 4) is 5.69 Å². The van der Waals surface area contributed by atoms with E-state index in [4.69, 9.17) is 0 Å². The Labute approximate surface area is 187 Å². The summed E-state index contributed by atoms with van der Waals surface area (Å²) >= 11 is 1.45. The summed E-state index contributed by atoms with van der Waals surface area (Å²) in [6, 6.07) is 19.4. The second kappa shape index (κ2) is 9.88. The van der Waals surface area contributed by atoms with E-state index in [1.54, 1.807) is 0 Å². The summed E-state index contributed by atoms with van der Waals surface area (Å²) < 4.78 is 2.05. The van der Waals surface area contributed by atoms with Gasteiger partial charge in [-0.15, -0.1) is 11.3 Å². The largest absolute Gasteiger partial charge is 0.316 e. The molecule has 0 radical (unpaired) electrons. The molecule has 0 spiro atoms. The van der Waals surface area contributed by atoms with Crippen molar-refractivity contribution in [2.75, 3.05) is 0 Å². The lowest BCUT2D eigenvalue weighted by Gasteiger charge is -2.06. The lowest BCUT2D eigenvalue weighted by Crippen LogP contribution is -2.00. The molecule has 3 nitrogen and oxygen atoms in total. The molecular weight excluding hydrogens is 402 g/mol. The van der Waals surface area contributed by atoms with Gasteiger partial charge in [0.05, 0.1) is 10.4 Å². The fourth-order valence-corrected chi connectivity index (χ4v) is 4.65. The number of Topliss-reactive ketones (excluding diaryl/α,β-unsaturated/α-hetero) is 1. The Morgan fingerprint density at radius 3 is 2.39 bits per heavy atom. The monoisotopic (exact) mass is 429 g/mol. The van der Waals surface area contributed by atoms with Gasteiger partial charge in [-0.1, -0.05) is 56.9 Å². The molecule has 0 N–H and O–H groups in total. The SMILES string of the molecule is CCCCCCCC(=O)c1cn(-c2ccc(C(=O)c3cccs3)cc2)c2ccccc12. The molecule has 2 heterocycles. The topological polar surface area (TPSA) is 39.1 Å². The van der Waals surface area contributed by atoms with E-state index in [1.807, 2.05) is 72.2 Å². The highest BCUT2D eigenvalue weighted by Crippen LogP contribution is 2.27. The van der Waals surface area contributed by atoms with Crippen LogP contribution < -0.4 is 0 Å². The van der Waals surface area contributed by atoms with Crippen LogP contribution in [0.3, 0.4) is 0 Å². The minimum atomic E-state index is 0.0397. The molecule has 4 heteroatoms. The van der Waals surface area contributed by atoms with Crippen LogP contribution in [-0.4, -0.2) is 16.1 Å². The van der Waals surface area contributed by atoms with Gasteiger partial charge < -0.3 is 4.57 Å². The Balaban J connectivity index is 1.58. The van der Waals surface area contributed by atoms with Gasteiger partial charge in [-0.05, 0) is 48.2 Å². The molecule has 4 rings (SSSR count). The number of rotatable bonds is 10. The first-order valence-corrected chi connectivity index (χ1v) is 11.9. The first kappa shape index (κ1) is 21.3. The summed E-state index contributed by atoms with van der Waals surface area (Å²) in [4.78, 5) is 26.3. The Hall–Kier alpha value is -2.98. The van der Waals surface area contributed by atoms with E-state index in [1.165, 1.54) is 30.6 Å². The number of aromatic nitrogens is 1. The number of ketones is 2. The van der Waals surface area contributed by atoms with Crippen LogP contribution in [0.25, 0.3) is 16.6 Å². The van der Waals surface area contributed by atoms with Gasteiger partial charge in [-0.3, -0.25) is 9.59 Å². The van der Waals surface area contributed by atoms with Crippen molar-refractivity contribution in [2.45, 2.75) is 45.4 Å². The fraction of sp³-hybridized carbons (Fsp3) is 0.259. The van der Waals surface area contributed by atoms with Crippen LogP contribution in [0.15, 0.2) is 72.2 Å². The molecule has 0 saturated heterocycles. The van der Waals surface area contributed by atoms with Gasteiger partial charge in [0.25, 0.3) is 0 Å². The van der Waals surface area contributed by atoms with E-state index >= 15 is 0 Å². The van der Waals surface area contributed by atoms with Gasteiger partial charge >= 0.3 is 0 Å². The average molecular weight is 430 g/mol. The molecule has 0 atom stereocenters. The summed E-state index contributed by atoms with van der Waals surface area (Å²) in [5.41, 5.74) is 3.41. The van der Waals surface area contributed by atoms with Gasteiger partial charge in [0.1, 0.15) is 0 Å². The van der Waals surface area contributed by atoms with E-state index in [0.29, 0.717) is 12.0 Å². The Bertz CT molecular complexity index is 1170. The number of unbranched alkanes of at least 4 members (excludes halogenated alkanes) is 4. The summed E-state index contributed by atoms with van der Waals surface area (Å²) in [5, 5.41) is 2.90. The maximum absolute atomic E-state index is 13.0. The highest BCUT2D eigenvalue weighted by Gasteiger charge is 2.16. The second-order valence-corrected chi connectivity index (χ2v) is 8.82. The quantitative estimate of drug-likeness (QED) is 0.194. The zero-order valence-corrected chi connectivity index (χ0v) is 18.7. The third kappa shape index (κ3) is 4.70. The van der Waals surface area contributed by atoms with E-state index in [9.17, 15) is 9.59 Å². The number of fused-ring (bicyclic) bond motifs is 1. The first-order valence-electron chi connectivity index (χ1n) is 11.0. The molecule has 0 unspecified atom stereocenters. The third-order valence-electron chi connectivity index (χ3n) is 5.67. The second-order valence-electron chi connectivity index (χ2n) is 7.87. The van der Waals surface area contributed by atoms with E-state index < -0.39 is 0 Å². The number of carbonyl (C=O) groups excluding carboxylic acids is 2. The maximum atomic E-state index is 13.0. The predicted octanol–water partition coefficient (Wildman–Crippen LogP) is 7.47. The Morgan fingerprint density at radius 1 is 0.871 bits per heavy atom. The molecule has 2 aromatic heterocycles. The van der Waals surface area contributed by atoms with Gasteiger partial charge in [0, 0.05) is 34.8 Å². The summed E-state index contributed by atoms with van der Waals surface area (Å²) in [5.74, 6) is 0.244. The van der Waals surface area contributed by atoms with Crippen molar-refractivity contribution < 1.29 is 9.59 Å².